The highest BCUT2D eigenvalue weighted by Gasteiger charge is 2.08. The predicted molar refractivity (Wildman–Crippen MR) is 57.9 cm³/mol. The van der Waals surface area contributed by atoms with Crippen LogP contribution in [0.5, 0.6) is 0 Å². The molecular weight excluding hydrogens is 208 g/mol. The second-order valence-electron chi connectivity index (χ2n) is 3.31. The second-order valence-corrected chi connectivity index (χ2v) is 3.31. The summed E-state index contributed by atoms with van der Waals surface area (Å²) in [5.41, 5.74) is 1.29. The maximum Gasteiger partial charge on any atom is 0.339 e. The fraction of sp³-hybridized carbons (Fsp3) is 0.364. The first kappa shape index (κ1) is 12.2. The molecule has 0 unspecified atom stereocenters. The Morgan fingerprint density at radius 3 is 2.81 bits per heavy atom. The number of hydrogen-bond acceptors (Lipinski definition) is 4. The number of carbonyl (C=O) groups excluding carboxylic acids is 2. The lowest BCUT2D eigenvalue weighted by atomic mass is 10.2. The van der Waals surface area contributed by atoms with Crippen LogP contribution in [0.2, 0.25) is 0 Å². The molecule has 0 fully saturated rings. The SMILES string of the molecule is CNC(=O)CCOC(=O)c1cncc(C)c1. The van der Waals surface area contributed by atoms with E-state index in [0.29, 0.717) is 5.56 Å². The largest absolute Gasteiger partial charge is 0.462 e. The number of pyridine rings is 1. The zero-order valence-corrected chi connectivity index (χ0v) is 9.32. The van der Waals surface area contributed by atoms with E-state index in [1.165, 1.54) is 13.2 Å². The normalized spacial score (nSPS) is 9.62. The molecule has 5 heteroatoms. The van der Waals surface area contributed by atoms with E-state index < -0.39 is 5.97 Å². The molecular formula is C11H14N2O3. The highest BCUT2D eigenvalue weighted by molar-refractivity contribution is 5.89. The Morgan fingerprint density at radius 1 is 1.44 bits per heavy atom. The van der Waals surface area contributed by atoms with Gasteiger partial charge in [-0.2, -0.15) is 0 Å². The molecule has 16 heavy (non-hydrogen) atoms. The number of nitrogens with zero attached hydrogens (tertiary/aromatic N) is 1. The van der Waals surface area contributed by atoms with Crippen molar-refractivity contribution in [2.24, 2.45) is 0 Å². The molecule has 0 spiro atoms. The summed E-state index contributed by atoms with van der Waals surface area (Å²) in [4.78, 5) is 26.2. The zero-order valence-electron chi connectivity index (χ0n) is 9.32. The van der Waals surface area contributed by atoms with E-state index >= 15 is 0 Å². The van der Waals surface area contributed by atoms with Gasteiger partial charge in [0.15, 0.2) is 0 Å². The number of carbonyl (C=O) groups is 2. The van der Waals surface area contributed by atoms with Gasteiger partial charge in [-0.15, -0.1) is 0 Å². The quantitative estimate of drug-likeness (QED) is 0.761. The number of esters is 1. The van der Waals surface area contributed by atoms with Crippen molar-refractivity contribution < 1.29 is 14.3 Å². The zero-order chi connectivity index (χ0) is 12.0. The van der Waals surface area contributed by atoms with Gasteiger partial charge in [-0.3, -0.25) is 9.78 Å². The maximum absolute atomic E-state index is 11.5. The summed E-state index contributed by atoms with van der Waals surface area (Å²) in [6, 6.07) is 1.69. The van der Waals surface area contributed by atoms with Gasteiger partial charge in [0.1, 0.15) is 6.61 Å². The lowest BCUT2D eigenvalue weighted by Gasteiger charge is -2.04. The third kappa shape index (κ3) is 3.68. The summed E-state index contributed by atoms with van der Waals surface area (Å²) >= 11 is 0. The molecule has 1 heterocycles. The van der Waals surface area contributed by atoms with Gasteiger partial charge in [0, 0.05) is 19.4 Å². The first-order valence-corrected chi connectivity index (χ1v) is 4.93. The van der Waals surface area contributed by atoms with Crippen molar-refractivity contribution in [3.05, 3.63) is 29.6 Å². The minimum absolute atomic E-state index is 0.0758. The highest BCUT2D eigenvalue weighted by Crippen LogP contribution is 2.03. The molecule has 1 rings (SSSR count). The highest BCUT2D eigenvalue weighted by atomic mass is 16.5. The number of amides is 1. The van der Waals surface area contributed by atoms with Crippen molar-refractivity contribution in [2.75, 3.05) is 13.7 Å². The third-order valence-electron chi connectivity index (χ3n) is 1.95. The van der Waals surface area contributed by atoms with Gasteiger partial charge >= 0.3 is 5.97 Å². The Balaban J connectivity index is 2.44. The van der Waals surface area contributed by atoms with Gasteiger partial charge in [-0.05, 0) is 18.6 Å². The van der Waals surface area contributed by atoms with E-state index in [2.05, 4.69) is 10.3 Å². The minimum atomic E-state index is -0.458. The number of aryl methyl sites for hydroxylation is 1. The number of rotatable bonds is 4. The molecule has 0 radical (unpaired) electrons. The van der Waals surface area contributed by atoms with Crippen LogP contribution < -0.4 is 5.32 Å². The van der Waals surface area contributed by atoms with Crippen LogP contribution in [0.15, 0.2) is 18.5 Å². The Hall–Kier alpha value is -1.91. The summed E-state index contributed by atoms with van der Waals surface area (Å²) in [7, 11) is 1.54. The van der Waals surface area contributed by atoms with Crippen LogP contribution in [0, 0.1) is 6.92 Å². The van der Waals surface area contributed by atoms with Crippen molar-refractivity contribution in [1.29, 1.82) is 0 Å². The summed E-state index contributed by atoms with van der Waals surface area (Å²) in [5.74, 6) is -0.615. The van der Waals surface area contributed by atoms with Gasteiger partial charge in [0.25, 0.3) is 0 Å². The average molecular weight is 222 g/mol. The van der Waals surface area contributed by atoms with E-state index in [0.717, 1.165) is 5.56 Å². The third-order valence-corrected chi connectivity index (χ3v) is 1.95. The molecule has 0 atom stereocenters. The van der Waals surface area contributed by atoms with E-state index in [4.69, 9.17) is 4.74 Å². The summed E-state index contributed by atoms with van der Waals surface area (Å²) in [6.07, 6.45) is 3.26. The van der Waals surface area contributed by atoms with Crippen molar-refractivity contribution in [1.82, 2.24) is 10.3 Å². The fourth-order valence-electron chi connectivity index (χ4n) is 1.11. The lowest BCUT2D eigenvalue weighted by molar-refractivity contribution is -0.121. The molecule has 1 N–H and O–H groups in total. The molecule has 0 saturated heterocycles. The van der Waals surface area contributed by atoms with Crippen LogP contribution in [0.25, 0.3) is 0 Å². The van der Waals surface area contributed by atoms with Crippen LogP contribution in [-0.2, 0) is 9.53 Å². The van der Waals surface area contributed by atoms with Crippen molar-refractivity contribution in [3.8, 4) is 0 Å². The molecule has 0 aliphatic rings. The number of aromatic nitrogens is 1. The van der Waals surface area contributed by atoms with Crippen LogP contribution in [0.4, 0.5) is 0 Å². The Labute approximate surface area is 93.8 Å². The average Bonchev–Trinajstić information content (AvgIpc) is 2.28. The van der Waals surface area contributed by atoms with E-state index in [1.54, 1.807) is 12.3 Å². The first-order valence-electron chi connectivity index (χ1n) is 4.93. The molecule has 86 valence electrons. The smallest absolute Gasteiger partial charge is 0.339 e. The molecule has 1 aromatic rings. The molecule has 0 saturated carbocycles. The Morgan fingerprint density at radius 2 is 2.19 bits per heavy atom. The summed E-state index contributed by atoms with van der Waals surface area (Å²) < 4.78 is 4.92. The lowest BCUT2D eigenvalue weighted by Crippen LogP contribution is -2.20. The molecule has 1 amide bonds. The van der Waals surface area contributed by atoms with Crippen LogP contribution >= 0.6 is 0 Å². The monoisotopic (exact) mass is 222 g/mol. The first-order chi connectivity index (χ1) is 7.63. The second kappa shape index (κ2) is 5.85. The summed E-state index contributed by atoms with van der Waals surface area (Å²) in [5, 5.41) is 2.45. The topological polar surface area (TPSA) is 68.3 Å². The molecule has 1 aromatic heterocycles. The van der Waals surface area contributed by atoms with Gasteiger partial charge < -0.3 is 10.1 Å². The van der Waals surface area contributed by atoms with E-state index in [1.807, 2.05) is 6.92 Å². The van der Waals surface area contributed by atoms with E-state index in [-0.39, 0.29) is 18.9 Å². The molecule has 0 aliphatic heterocycles. The van der Waals surface area contributed by atoms with Crippen LogP contribution in [0.3, 0.4) is 0 Å². The van der Waals surface area contributed by atoms with Crippen LogP contribution in [-0.4, -0.2) is 30.5 Å². The van der Waals surface area contributed by atoms with Gasteiger partial charge in [-0.1, -0.05) is 0 Å². The maximum atomic E-state index is 11.5. The molecule has 0 bridgehead atoms. The Kier molecular flexibility index (Phi) is 4.44. The number of nitrogens with one attached hydrogen (secondary N) is 1. The van der Waals surface area contributed by atoms with Crippen molar-refractivity contribution in [3.63, 3.8) is 0 Å². The number of ether oxygens (including phenoxy) is 1. The van der Waals surface area contributed by atoms with E-state index in [9.17, 15) is 9.59 Å². The summed E-state index contributed by atoms with van der Waals surface area (Å²) in [6.45, 7) is 1.92. The molecule has 5 nitrogen and oxygen atoms in total. The number of hydrogen-bond donors (Lipinski definition) is 1. The van der Waals surface area contributed by atoms with Crippen LogP contribution in [0.1, 0.15) is 22.3 Å². The van der Waals surface area contributed by atoms with Gasteiger partial charge in [0.2, 0.25) is 5.91 Å². The van der Waals surface area contributed by atoms with Crippen molar-refractivity contribution >= 4 is 11.9 Å². The van der Waals surface area contributed by atoms with Gasteiger partial charge in [0.05, 0.1) is 12.0 Å². The molecule has 0 aromatic carbocycles. The minimum Gasteiger partial charge on any atom is -0.462 e. The Bertz CT molecular complexity index is 391. The standard InChI is InChI=1S/C11H14N2O3/c1-8-5-9(7-13-6-8)11(15)16-4-3-10(14)12-2/h5-7H,3-4H2,1-2H3,(H,12,14). The van der Waals surface area contributed by atoms with Crippen molar-refractivity contribution in [2.45, 2.75) is 13.3 Å². The van der Waals surface area contributed by atoms with Gasteiger partial charge in [-0.25, -0.2) is 4.79 Å². The fourth-order valence-corrected chi connectivity index (χ4v) is 1.11. The predicted octanol–water partition coefficient (Wildman–Crippen LogP) is 0.683. The molecule has 0 aliphatic carbocycles.